The SMILES string of the molecule is Cn1nc2c(cc1=O)CN(Cc1cccc3c1OCCCO3)CC2. The van der Waals surface area contributed by atoms with Gasteiger partial charge in [-0.1, -0.05) is 12.1 Å². The van der Waals surface area contributed by atoms with Crippen LogP contribution in [0.5, 0.6) is 11.5 Å². The number of hydrogen-bond acceptors (Lipinski definition) is 5. The summed E-state index contributed by atoms with van der Waals surface area (Å²) >= 11 is 0. The number of aromatic nitrogens is 2. The van der Waals surface area contributed by atoms with Gasteiger partial charge < -0.3 is 9.47 Å². The highest BCUT2D eigenvalue weighted by molar-refractivity contribution is 5.47. The summed E-state index contributed by atoms with van der Waals surface area (Å²) in [6, 6.07) is 7.77. The second-order valence-corrected chi connectivity index (χ2v) is 6.33. The van der Waals surface area contributed by atoms with Crippen LogP contribution in [-0.2, 0) is 26.6 Å². The maximum absolute atomic E-state index is 11.8. The van der Waals surface area contributed by atoms with E-state index in [-0.39, 0.29) is 5.56 Å². The number of ether oxygens (including phenoxy) is 2. The average Bonchev–Trinajstić information content (AvgIpc) is 2.82. The Morgan fingerprint density at radius 2 is 2.12 bits per heavy atom. The summed E-state index contributed by atoms with van der Waals surface area (Å²) in [6.07, 6.45) is 1.76. The predicted octanol–water partition coefficient (Wildman–Crippen LogP) is 1.50. The summed E-state index contributed by atoms with van der Waals surface area (Å²) in [5.41, 5.74) is 3.14. The number of benzene rings is 1. The molecule has 0 aliphatic carbocycles. The standard InChI is InChI=1S/C18H21N3O3/c1-20-17(22)10-14-12-21(7-6-15(14)19-20)11-13-4-2-5-16-18(13)24-9-3-8-23-16/h2,4-5,10H,3,6-9,11-12H2,1H3. The first-order valence-corrected chi connectivity index (χ1v) is 8.36. The molecule has 24 heavy (non-hydrogen) atoms. The largest absolute Gasteiger partial charge is 0.490 e. The van der Waals surface area contributed by atoms with E-state index in [4.69, 9.17) is 9.47 Å². The van der Waals surface area contributed by atoms with Crippen molar-refractivity contribution >= 4 is 0 Å². The number of para-hydroxylation sites is 1. The highest BCUT2D eigenvalue weighted by atomic mass is 16.5. The molecule has 2 aliphatic heterocycles. The molecule has 1 aromatic carbocycles. The van der Waals surface area contributed by atoms with E-state index >= 15 is 0 Å². The Balaban J connectivity index is 1.57. The van der Waals surface area contributed by atoms with E-state index in [2.05, 4.69) is 16.1 Å². The van der Waals surface area contributed by atoms with Gasteiger partial charge >= 0.3 is 0 Å². The van der Waals surface area contributed by atoms with Crippen LogP contribution >= 0.6 is 0 Å². The highest BCUT2D eigenvalue weighted by Crippen LogP contribution is 2.34. The molecule has 0 bridgehead atoms. The van der Waals surface area contributed by atoms with Crippen molar-refractivity contribution in [1.82, 2.24) is 14.7 Å². The summed E-state index contributed by atoms with van der Waals surface area (Å²) in [4.78, 5) is 14.2. The number of fused-ring (bicyclic) bond motifs is 2. The normalized spacial score (nSPS) is 17.2. The van der Waals surface area contributed by atoms with Gasteiger partial charge in [-0.15, -0.1) is 0 Å². The Labute approximate surface area is 140 Å². The Morgan fingerprint density at radius 1 is 1.25 bits per heavy atom. The zero-order chi connectivity index (χ0) is 16.5. The van der Waals surface area contributed by atoms with Crippen molar-refractivity contribution in [1.29, 1.82) is 0 Å². The molecule has 0 saturated heterocycles. The molecule has 0 unspecified atom stereocenters. The van der Waals surface area contributed by atoms with E-state index < -0.39 is 0 Å². The lowest BCUT2D eigenvalue weighted by molar-refractivity contribution is 0.234. The molecule has 2 aliphatic rings. The molecule has 4 rings (SSSR count). The van der Waals surface area contributed by atoms with Crippen LogP contribution in [0.2, 0.25) is 0 Å². The molecule has 6 nitrogen and oxygen atoms in total. The first kappa shape index (κ1) is 15.2. The van der Waals surface area contributed by atoms with Gasteiger partial charge in [-0.25, -0.2) is 4.68 Å². The smallest absolute Gasteiger partial charge is 0.266 e. The van der Waals surface area contributed by atoms with Crippen LogP contribution in [-0.4, -0.2) is 34.4 Å². The second kappa shape index (κ2) is 6.28. The minimum atomic E-state index is -0.0547. The first-order valence-electron chi connectivity index (χ1n) is 8.36. The van der Waals surface area contributed by atoms with Crippen molar-refractivity contribution in [2.45, 2.75) is 25.9 Å². The predicted molar refractivity (Wildman–Crippen MR) is 89.3 cm³/mol. The van der Waals surface area contributed by atoms with Crippen molar-refractivity contribution in [3.63, 3.8) is 0 Å². The number of nitrogens with zero attached hydrogens (tertiary/aromatic N) is 3. The first-order chi connectivity index (χ1) is 11.7. The van der Waals surface area contributed by atoms with Gasteiger partial charge in [0.2, 0.25) is 0 Å². The van der Waals surface area contributed by atoms with Crippen LogP contribution < -0.4 is 15.0 Å². The van der Waals surface area contributed by atoms with Crippen LogP contribution in [0.15, 0.2) is 29.1 Å². The fourth-order valence-electron chi connectivity index (χ4n) is 3.31. The summed E-state index contributed by atoms with van der Waals surface area (Å²) < 4.78 is 13.1. The minimum Gasteiger partial charge on any atom is -0.490 e. The monoisotopic (exact) mass is 327 g/mol. The van der Waals surface area contributed by atoms with E-state index in [1.807, 2.05) is 12.1 Å². The third-order valence-corrected chi connectivity index (χ3v) is 4.56. The van der Waals surface area contributed by atoms with E-state index in [1.54, 1.807) is 13.1 Å². The molecule has 0 atom stereocenters. The van der Waals surface area contributed by atoms with Gasteiger partial charge in [-0.2, -0.15) is 5.10 Å². The van der Waals surface area contributed by atoms with Gasteiger partial charge in [0.15, 0.2) is 11.5 Å². The third-order valence-electron chi connectivity index (χ3n) is 4.56. The maximum atomic E-state index is 11.8. The Bertz CT molecular complexity index is 816. The lowest BCUT2D eigenvalue weighted by Gasteiger charge is -2.28. The van der Waals surface area contributed by atoms with Crippen molar-refractivity contribution < 1.29 is 9.47 Å². The van der Waals surface area contributed by atoms with E-state index in [1.165, 1.54) is 4.68 Å². The van der Waals surface area contributed by atoms with Crippen LogP contribution in [0.3, 0.4) is 0 Å². The van der Waals surface area contributed by atoms with Gasteiger partial charge in [0.05, 0.1) is 18.9 Å². The molecule has 0 saturated carbocycles. The fraction of sp³-hybridized carbons (Fsp3) is 0.444. The number of hydrogen-bond donors (Lipinski definition) is 0. The molecule has 0 fully saturated rings. The highest BCUT2D eigenvalue weighted by Gasteiger charge is 2.21. The van der Waals surface area contributed by atoms with Crippen molar-refractivity contribution in [2.24, 2.45) is 7.05 Å². The fourth-order valence-corrected chi connectivity index (χ4v) is 3.31. The number of rotatable bonds is 2. The topological polar surface area (TPSA) is 56.6 Å². The molecule has 2 aromatic rings. The van der Waals surface area contributed by atoms with Gasteiger partial charge in [-0.3, -0.25) is 9.69 Å². The van der Waals surface area contributed by atoms with Crippen LogP contribution in [0, 0.1) is 0 Å². The van der Waals surface area contributed by atoms with E-state index in [0.717, 1.165) is 60.8 Å². The van der Waals surface area contributed by atoms with Crippen LogP contribution in [0.4, 0.5) is 0 Å². The molecule has 0 N–H and O–H groups in total. The molecule has 0 spiro atoms. The van der Waals surface area contributed by atoms with Crippen molar-refractivity contribution in [2.75, 3.05) is 19.8 Å². The zero-order valence-corrected chi connectivity index (χ0v) is 13.8. The molecule has 0 amide bonds. The summed E-state index contributed by atoms with van der Waals surface area (Å²) in [6.45, 7) is 3.82. The molecular weight excluding hydrogens is 306 g/mol. The van der Waals surface area contributed by atoms with E-state index in [0.29, 0.717) is 13.2 Å². The molecule has 126 valence electrons. The summed E-state index contributed by atoms with van der Waals surface area (Å²) in [5.74, 6) is 1.70. The summed E-state index contributed by atoms with van der Waals surface area (Å²) in [5, 5.41) is 4.37. The summed E-state index contributed by atoms with van der Waals surface area (Å²) in [7, 11) is 1.70. The van der Waals surface area contributed by atoms with Crippen molar-refractivity contribution in [3.8, 4) is 11.5 Å². The second-order valence-electron chi connectivity index (χ2n) is 6.33. The van der Waals surface area contributed by atoms with Crippen LogP contribution in [0.1, 0.15) is 23.2 Å². The maximum Gasteiger partial charge on any atom is 0.266 e. The van der Waals surface area contributed by atoms with Gasteiger partial charge in [0.1, 0.15) is 0 Å². The zero-order valence-electron chi connectivity index (χ0n) is 13.8. The van der Waals surface area contributed by atoms with Crippen LogP contribution in [0.25, 0.3) is 0 Å². The Hall–Kier alpha value is -2.34. The lowest BCUT2D eigenvalue weighted by atomic mass is 10.1. The Kier molecular flexibility index (Phi) is 3.98. The Morgan fingerprint density at radius 3 is 3.04 bits per heavy atom. The molecule has 6 heteroatoms. The molecule has 0 radical (unpaired) electrons. The minimum absolute atomic E-state index is 0.0547. The van der Waals surface area contributed by atoms with Crippen molar-refractivity contribution in [3.05, 3.63) is 51.4 Å². The average molecular weight is 327 g/mol. The van der Waals surface area contributed by atoms with Gasteiger partial charge in [0.25, 0.3) is 5.56 Å². The quantitative estimate of drug-likeness (QED) is 0.837. The van der Waals surface area contributed by atoms with Gasteiger partial charge in [0, 0.05) is 51.2 Å². The van der Waals surface area contributed by atoms with E-state index in [9.17, 15) is 4.79 Å². The molecule has 1 aromatic heterocycles. The third kappa shape index (κ3) is 2.89. The molecule has 3 heterocycles. The molecular formula is C18H21N3O3. The van der Waals surface area contributed by atoms with Gasteiger partial charge in [-0.05, 0) is 11.6 Å². The number of aryl methyl sites for hydroxylation is 1. The lowest BCUT2D eigenvalue weighted by Crippen LogP contribution is -2.34.